The summed E-state index contributed by atoms with van der Waals surface area (Å²) in [6, 6.07) is 2.59. The molecule has 3 heterocycles. The number of ether oxygens (including phenoxy) is 4. The molecule has 20 heteroatoms. The van der Waals surface area contributed by atoms with Crippen molar-refractivity contribution in [3.05, 3.63) is 61.0 Å². The van der Waals surface area contributed by atoms with E-state index >= 15 is 0 Å². The van der Waals surface area contributed by atoms with Gasteiger partial charge in [-0.2, -0.15) is 0 Å². The summed E-state index contributed by atoms with van der Waals surface area (Å²) >= 11 is 12.5. The summed E-state index contributed by atoms with van der Waals surface area (Å²) in [7, 11) is 2.99. The van der Waals surface area contributed by atoms with Crippen LogP contribution in [0.5, 0.6) is 0 Å². The number of carbonyl (C=O) groups is 6. The van der Waals surface area contributed by atoms with Crippen molar-refractivity contribution >= 4 is 84.9 Å². The van der Waals surface area contributed by atoms with Gasteiger partial charge in [-0.25, -0.2) is 14.4 Å². The molecular weight excluding hydrogens is 952 g/mol. The Morgan fingerprint density at radius 1 is 1.16 bits per heavy atom. The van der Waals surface area contributed by atoms with Crippen molar-refractivity contribution in [3.63, 3.8) is 0 Å². The Labute approximate surface area is 376 Å². The summed E-state index contributed by atoms with van der Waals surface area (Å²) in [5.74, 6) is -5.27. The fourth-order valence-electron chi connectivity index (χ4n) is 7.23. The number of amides is 4. The molecule has 1 aromatic rings. The van der Waals surface area contributed by atoms with E-state index in [1.807, 2.05) is 26.0 Å². The second-order valence-corrected chi connectivity index (χ2v) is 17.7. The predicted octanol–water partition coefficient (Wildman–Crippen LogP) is 4.02. The van der Waals surface area contributed by atoms with Crippen molar-refractivity contribution in [3.8, 4) is 0 Å². The standard InChI is InChI=1S/C41H53Br2ClN4O13/c1-21-9-8-10-26(20-49)41(57)19-28(59-39(56)46-41)23(3)35-40(5,61-35)29(18-31(51)48(7)27-17-25(15-21)16-22(2)34(27)44)60-38(55)24(4)47(6)30(50)11-13-58-14-12-45-36(52)32(42)33(43)37(53)54/h8-10,16-17,23-24,26,28-29,35,49,57H,11-15,18-20H2,1-7H3,(H,45,52)(H,46,56)(H,53,54)/b10-8+,21-9+,33-32-/t23-,24+,26+,28?,29+,35-,40-,41+/m1/s1. The average molecular weight is 1010 g/mol. The van der Waals surface area contributed by atoms with Gasteiger partial charge >= 0.3 is 18.0 Å². The van der Waals surface area contributed by atoms with Crippen molar-refractivity contribution in [2.45, 2.75) is 96.0 Å². The van der Waals surface area contributed by atoms with E-state index in [0.717, 1.165) is 16.7 Å². The molecule has 1 unspecified atom stereocenters. The molecule has 336 valence electrons. The minimum absolute atomic E-state index is 0.00825. The smallest absolute Gasteiger partial charge is 0.409 e. The van der Waals surface area contributed by atoms with Gasteiger partial charge in [0.15, 0.2) is 5.72 Å². The lowest BCUT2D eigenvalue weighted by Crippen LogP contribution is -2.62. The summed E-state index contributed by atoms with van der Waals surface area (Å²) in [4.78, 5) is 79.7. The van der Waals surface area contributed by atoms with Gasteiger partial charge in [-0.05, 0) is 83.2 Å². The van der Waals surface area contributed by atoms with Crippen LogP contribution in [0.2, 0.25) is 5.02 Å². The second kappa shape index (κ2) is 21.0. The number of hydrogen-bond acceptors (Lipinski definition) is 12. The monoisotopic (exact) mass is 1000 g/mol. The van der Waals surface area contributed by atoms with E-state index in [2.05, 4.69) is 42.5 Å². The predicted molar refractivity (Wildman–Crippen MR) is 230 cm³/mol. The van der Waals surface area contributed by atoms with Gasteiger partial charge in [-0.3, -0.25) is 19.7 Å². The van der Waals surface area contributed by atoms with E-state index in [9.17, 15) is 39.0 Å². The zero-order valence-electron chi connectivity index (χ0n) is 35.0. The number of anilines is 1. The third kappa shape index (κ3) is 12.2. The maximum absolute atomic E-state index is 14.2. The van der Waals surface area contributed by atoms with E-state index in [4.69, 9.17) is 35.7 Å². The van der Waals surface area contributed by atoms with E-state index < -0.39 is 89.9 Å². The molecule has 3 aliphatic heterocycles. The maximum Gasteiger partial charge on any atom is 0.409 e. The first kappa shape index (κ1) is 49.8. The van der Waals surface area contributed by atoms with Gasteiger partial charge in [0.2, 0.25) is 11.8 Å². The van der Waals surface area contributed by atoms with E-state index in [1.54, 1.807) is 39.1 Å². The molecule has 61 heavy (non-hydrogen) atoms. The molecule has 0 aromatic heterocycles. The van der Waals surface area contributed by atoms with Gasteiger partial charge in [0.05, 0.1) is 49.5 Å². The summed E-state index contributed by atoms with van der Waals surface area (Å²) in [6.07, 6.45) is 1.27. The molecule has 4 amide bonds. The fraction of sp³-hybridized carbons (Fsp3) is 0.561. The lowest BCUT2D eigenvalue weighted by Gasteiger charge is -2.42. The van der Waals surface area contributed by atoms with Gasteiger partial charge in [-0.1, -0.05) is 48.4 Å². The van der Waals surface area contributed by atoms with Gasteiger partial charge in [0.1, 0.15) is 32.8 Å². The highest BCUT2D eigenvalue weighted by atomic mass is 79.9. The quantitative estimate of drug-likeness (QED) is 0.0864. The molecule has 5 N–H and O–H groups in total. The number of rotatable bonds is 12. The van der Waals surface area contributed by atoms with Crippen molar-refractivity contribution in [1.82, 2.24) is 15.5 Å². The molecule has 17 nitrogen and oxygen atoms in total. The summed E-state index contributed by atoms with van der Waals surface area (Å²) in [6.45, 7) is 8.10. The minimum atomic E-state index is -1.88. The number of nitrogens with one attached hydrogen (secondary N) is 2. The number of aryl methyl sites for hydroxylation is 1. The number of carboxylic acid groups (broad SMARTS) is 1. The highest BCUT2D eigenvalue weighted by Crippen LogP contribution is 2.49. The Morgan fingerprint density at radius 2 is 1.85 bits per heavy atom. The van der Waals surface area contributed by atoms with Crippen LogP contribution in [0.4, 0.5) is 10.5 Å². The number of epoxide rings is 1. The maximum atomic E-state index is 14.2. The first-order valence-corrected chi connectivity index (χ1v) is 21.5. The fourth-order valence-corrected chi connectivity index (χ4v) is 7.95. The van der Waals surface area contributed by atoms with Crippen LogP contribution in [-0.2, 0) is 49.3 Å². The largest absolute Gasteiger partial charge is 0.477 e. The number of aliphatic hydroxyl groups excluding tert-OH is 1. The van der Waals surface area contributed by atoms with Gasteiger partial charge in [0, 0.05) is 38.9 Å². The first-order valence-electron chi connectivity index (χ1n) is 19.5. The molecule has 0 spiro atoms. The number of allylic oxidation sites excluding steroid dienone is 3. The van der Waals surface area contributed by atoms with Crippen LogP contribution in [0, 0.1) is 18.8 Å². The van der Waals surface area contributed by atoms with Crippen LogP contribution in [0.25, 0.3) is 0 Å². The highest BCUT2D eigenvalue weighted by molar-refractivity contribution is 9.14. The number of likely N-dealkylation sites (N-methyl/N-ethyl adjacent to an activating group) is 1. The Hall–Kier alpha value is -3.85. The average Bonchev–Trinajstić information content (AvgIpc) is 3.90. The van der Waals surface area contributed by atoms with Crippen LogP contribution in [0.1, 0.15) is 58.1 Å². The molecule has 0 aliphatic carbocycles. The van der Waals surface area contributed by atoms with E-state index in [1.165, 1.54) is 23.8 Å². The molecule has 8 atom stereocenters. The van der Waals surface area contributed by atoms with Gasteiger partial charge in [-0.15, -0.1) is 0 Å². The van der Waals surface area contributed by atoms with Crippen molar-refractivity contribution < 1.29 is 63.0 Å². The van der Waals surface area contributed by atoms with Gasteiger partial charge < -0.3 is 49.4 Å². The number of carboxylic acids is 1. The van der Waals surface area contributed by atoms with Gasteiger partial charge in [0.25, 0.3) is 5.91 Å². The molecule has 0 saturated carbocycles. The van der Waals surface area contributed by atoms with Crippen LogP contribution in [0.3, 0.4) is 0 Å². The Kier molecular flexibility index (Phi) is 17.2. The van der Waals surface area contributed by atoms with Crippen LogP contribution in [-0.4, -0.2) is 132 Å². The van der Waals surface area contributed by atoms with E-state index in [0.29, 0.717) is 17.1 Å². The molecule has 1 aromatic carbocycles. The molecule has 4 bridgehead atoms. The third-order valence-electron chi connectivity index (χ3n) is 11.2. The molecule has 2 saturated heterocycles. The number of benzene rings is 1. The zero-order chi connectivity index (χ0) is 45.6. The molecule has 4 rings (SSSR count). The normalized spacial score (nSPS) is 29.0. The van der Waals surface area contributed by atoms with Crippen LogP contribution in [0.15, 0.2) is 44.9 Å². The number of nitrogens with zero attached hydrogens (tertiary/aromatic N) is 2. The summed E-state index contributed by atoms with van der Waals surface area (Å²) in [5, 5.41) is 36.4. The van der Waals surface area contributed by atoms with Crippen LogP contribution < -0.4 is 15.5 Å². The first-order chi connectivity index (χ1) is 28.5. The van der Waals surface area contributed by atoms with E-state index in [-0.39, 0.29) is 48.0 Å². The SMILES string of the molecule is C/C1=C\C=C\[C@@H](CO)[C@@]2(O)CC(OC(=O)N2)[C@@H](C)[C@H]2O[C@]2(C)[C@@H](OC(=O)[C@H](C)N(C)C(=O)CCOCCNC(=O)/C(Br)=C(/Br)C(=O)O)CC(=O)N(C)c2cc(cc(C)c2Cl)C1. The Bertz CT molecular complexity index is 1980. The highest BCUT2D eigenvalue weighted by Gasteiger charge is 2.64. The molecular formula is C41H53Br2ClN4O13. The number of carbonyl (C=O) groups excluding carboxylic acids is 5. The number of aliphatic carboxylic acids is 1. The summed E-state index contributed by atoms with van der Waals surface area (Å²) < 4.78 is 22.8. The summed E-state index contributed by atoms with van der Waals surface area (Å²) in [5.41, 5.74) is -0.230. The number of esters is 1. The zero-order valence-corrected chi connectivity index (χ0v) is 38.9. The number of halogens is 3. The minimum Gasteiger partial charge on any atom is -0.477 e. The number of aliphatic hydroxyl groups is 2. The van der Waals surface area contributed by atoms with Crippen molar-refractivity contribution in [1.29, 1.82) is 0 Å². The second-order valence-electron chi connectivity index (χ2n) is 15.7. The number of hydrogen-bond donors (Lipinski definition) is 5. The topological polar surface area (TPSA) is 234 Å². The lowest BCUT2D eigenvalue weighted by molar-refractivity contribution is -0.162. The lowest BCUT2D eigenvalue weighted by atomic mass is 9.81. The molecule has 0 radical (unpaired) electrons. The third-order valence-corrected chi connectivity index (χ3v) is 13.8. The molecule has 2 fully saturated rings. The number of fused-ring (bicyclic) bond motifs is 5. The Balaban J connectivity index is 1.54. The Morgan fingerprint density at radius 3 is 2.51 bits per heavy atom. The van der Waals surface area contributed by atoms with Crippen LogP contribution >= 0.6 is 43.5 Å². The number of alkyl carbamates (subject to hydrolysis) is 1. The van der Waals surface area contributed by atoms with Crippen molar-refractivity contribution in [2.24, 2.45) is 11.8 Å². The van der Waals surface area contributed by atoms with Crippen molar-refractivity contribution in [2.75, 3.05) is 45.4 Å². The molecule has 3 aliphatic rings.